The lowest BCUT2D eigenvalue weighted by Gasteiger charge is -2.38. The van der Waals surface area contributed by atoms with Crippen molar-refractivity contribution in [3.8, 4) is 0 Å². The summed E-state index contributed by atoms with van der Waals surface area (Å²) in [5, 5.41) is 26.8. The fourth-order valence-corrected chi connectivity index (χ4v) is 10.8. The minimum atomic E-state index is -0.618. The molecule has 66 heavy (non-hydrogen) atoms. The molecule has 2 aromatic carbocycles. The van der Waals surface area contributed by atoms with Crippen LogP contribution < -0.4 is 21.8 Å². The summed E-state index contributed by atoms with van der Waals surface area (Å²) in [6.45, 7) is 5.00. The number of allylic oxidation sites excluding steroid dienone is 2. The number of hydrogen-bond acceptors (Lipinski definition) is 8. The molecule has 0 radical (unpaired) electrons. The zero-order chi connectivity index (χ0) is 46.2. The number of aliphatic hydroxyl groups is 2. The number of amides is 4. The van der Waals surface area contributed by atoms with Gasteiger partial charge in [-0.15, -0.1) is 0 Å². The lowest BCUT2D eigenvalue weighted by atomic mass is 9.86. The van der Waals surface area contributed by atoms with Gasteiger partial charge in [-0.25, -0.2) is 0 Å². The molecule has 2 saturated heterocycles. The number of carbonyl (C=O) groups excluding carboxylic acids is 4. The van der Waals surface area contributed by atoms with Crippen LogP contribution in [0.25, 0.3) is 12.2 Å². The Bertz CT molecular complexity index is 2490. The minimum Gasteiger partial charge on any atom is -0.396 e. The van der Waals surface area contributed by atoms with Crippen LogP contribution in [-0.4, -0.2) is 91.2 Å². The van der Waals surface area contributed by atoms with Gasteiger partial charge >= 0.3 is 0 Å². The zero-order valence-corrected chi connectivity index (χ0v) is 37.4. The van der Waals surface area contributed by atoms with Crippen LogP contribution in [0.5, 0.6) is 0 Å². The molecule has 4 fully saturated rings. The van der Waals surface area contributed by atoms with Crippen molar-refractivity contribution in [2.24, 2.45) is 35.5 Å². The highest BCUT2D eigenvalue weighted by Crippen LogP contribution is 2.50. The lowest BCUT2D eigenvalue weighted by molar-refractivity contribution is -0.128. The van der Waals surface area contributed by atoms with E-state index in [-0.39, 0.29) is 61.1 Å². The van der Waals surface area contributed by atoms with Crippen molar-refractivity contribution in [1.29, 1.82) is 0 Å². The van der Waals surface area contributed by atoms with E-state index in [1.54, 1.807) is 67.5 Å². The van der Waals surface area contributed by atoms with Gasteiger partial charge in [0.25, 0.3) is 22.9 Å². The van der Waals surface area contributed by atoms with Crippen molar-refractivity contribution < 1.29 is 29.4 Å². The Morgan fingerprint density at radius 1 is 0.576 bits per heavy atom. The van der Waals surface area contributed by atoms with Crippen LogP contribution in [0.3, 0.4) is 0 Å². The van der Waals surface area contributed by atoms with Gasteiger partial charge in [0.2, 0.25) is 11.8 Å². The zero-order valence-electron chi connectivity index (χ0n) is 37.4. The lowest BCUT2D eigenvalue weighted by Crippen LogP contribution is -2.49. The molecule has 4 amide bonds. The second-order valence-electron chi connectivity index (χ2n) is 18.6. The Hall–Kier alpha value is -6.38. The Labute approximate surface area is 383 Å². The summed E-state index contributed by atoms with van der Waals surface area (Å²) < 4.78 is 3.38. The van der Waals surface area contributed by atoms with E-state index < -0.39 is 47.8 Å². The van der Waals surface area contributed by atoms with E-state index in [0.29, 0.717) is 58.6 Å². The van der Waals surface area contributed by atoms with Gasteiger partial charge in [-0.3, -0.25) is 28.8 Å². The van der Waals surface area contributed by atoms with Gasteiger partial charge in [0.05, 0.1) is 36.0 Å². The van der Waals surface area contributed by atoms with E-state index in [9.17, 15) is 39.0 Å². The Kier molecular flexibility index (Phi) is 12.8. The van der Waals surface area contributed by atoms with Crippen LogP contribution in [0, 0.1) is 35.5 Å². The molecule has 4 aromatic rings. The second kappa shape index (κ2) is 18.8. The van der Waals surface area contributed by atoms with Gasteiger partial charge in [-0.1, -0.05) is 60.7 Å². The van der Waals surface area contributed by atoms with Crippen molar-refractivity contribution in [2.45, 2.75) is 76.8 Å². The highest BCUT2D eigenvalue weighted by atomic mass is 16.3. The average molecular weight is 895 g/mol. The van der Waals surface area contributed by atoms with Crippen LogP contribution in [0.2, 0.25) is 0 Å². The van der Waals surface area contributed by atoms with Gasteiger partial charge in [-0.2, -0.15) is 0 Å². The predicted octanol–water partition coefficient (Wildman–Crippen LogP) is 4.42. The van der Waals surface area contributed by atoms with Crippen molar-refractivity contribution in [3.05, 3.63) is 151 Å². The van der Waals surface area contributed by atoms with Crippen molar-refractivity contribution in [1.82, 2.24) is 29.6 Å². The summed E-state index contributed by atoms with van der Waals surface area (Å²) >= 11 is 0. The van der Waals surface area contributed by atoms with Gasteiger partial charge < -0.3 is 39.8 Å². The summed E-state index contributed by atoms with van der Waals surface area (Å²) in [5.74, 6) is -1.78. The molecule has 6 heterocycles. The monoisotopic (exact) mass is 894 g/mol. The maximum atomic E-state index is 13.6. The Morgan fingerprint density at radius 2 is 0.955 bits per heavy atom. The summed E-state index contributed by atoms with van der Waals surface area (Å²) in [6.07, 6.45) is 11.6. The topological polar surface area (TPSA) is 183 Å². The number of aromatic nitrogens is 2. The first-order valence-electron chi connectivity index (χ1n) is 23.3. The normalized spacial score (nSPS) is 25.8. The maximum Gasteiger partial charge on any atom is 0.258 e. The molecule has 0 spiro atoms. The van der Waals surface area contributed by atoms with Crippen molar-refractivity contribution in [3.63, 3.8) is 0 Å². The molecule has 0 unspecified atom stereocenters. The highest BCUT2D eigenvalue weighted by molar-refractivity contribution is 5.97. The number of hydrogen-bond donors (Lipinski definition) is 4. The van der Waals surface area contributed by atoms with Crippen LogP contribution in [0.1, 0.15) is 94.8 Å². The fourth-order valence-electron chi connectivity index (χ4n) is 10.8. The number of pyridine rings is 2. The second-order valence-corrected chi connectivity index (χ2v) is 18.6. The number of carbonyl (C=O) groups is 4. The number of benzene rings is 2. The minimum absolute atomic E-state index is 0.136. The molecular weight excluding hydrogens is 837 g/mol. The summed E-state index contributed by atoms with van der Waals surface area (Å²) in [5.41, 5.74) is 3.23. The van der Waals surface area contributed by atoms with E-state index >= 15 is 0 Å². The molecule has 8 atom stereocenters. The quantitative estimate of drug-likeness (QED) is 0.161. The molecule has 344 valence electrons. The van der Waals surface area contributed by atoms with Crippen molar-refractivity contribution in [2.75, 3.05) is 26.3 Å². The molecule has 4 N–H and O–H groups in total. The van der Waals surface area contributed by atoms with Crippen LogP contribution in [0.4, 0.5) is 0 Å². The molecule has 2 aromatic heterocycles. The SMILES string of the molecule is C/C=C/c1ccc2n(c1=O)C[C@H]1[C@H](CO)[C@@H](C(=O)NCC3CC3)[C@@H]2N1C(=O)c1ccccc1.C/C=C\c1ccc2n(c1=O)C[C@H]1[C@H](CO)[C@@H](C(=O)NCC3CC3)[C@@H]2N1C(=O)c1ccccc1. The third-order valence-corrected chi connectivity index (χ3v) is 14.5. The third kappa shape index (κ3) is 8.25. The van der Waals surface area contributed by atoms with Gasteiger partial charge in [0, 0.05) is 84.9 Å². The Morgan fingerprint density at radius 3 is 1.29 bits per heavy atom. The van der Waals surface area contributed by atoms with Crippen LogP contribution >= 0.6 is 0 Å². The molecular formula is C52H58N6O8. The number of rotatable bonds is 12. The van der Waals surface area contributed by atoms with E-state index in [0.717, 1.165) is 25.7 Å². The molecule has 2 saturated carbocycles. The average Bonchev–Trinajstić information content (AvgIpc) is 4.29. The van der Waals surface area contributed by atoms with E-state index in [4.69, 9.17) is 0 Å². The first-order chi connectivity index (χ1) is 32.1. The molecule has 4 bridgehead atoms. The molecule has 14 heteroatoms. The number of fused-ring (bicyclic) bond motifs is 8. The largest absolute Gasteiger partial charge is 0.396 e. The maximum absolute atomic E-state index is 13.6. The highest BCUT2D eigenvalue weighted by Gasteiger charge is 2.59. The smallest absolute Gasteiger partial charge is 0.258 e. The number of aliphatic hydroxyl groups excluding tert-OH is 2. The standard InChI is InChI=1S/2C26H29N3O4/c2*1-2-6-17-11-12-20-23-22(24(31)27-13-16-9-10-16)19(15-30)21(14-28(20)25(17)32)29(23)26(33)18-7-4-3-5-8-18/h2*2-8,11-12,16,19,21-23,30H,9-10,13-15H2,1H3,(H,27,31)/b6-2+;6-2-/t2*19-,21-,22+,23+/m00/s1. The molecule has 2 aliphatic carbocycles. The number of nitrogens with zero attached hydrogens (tertiary/aromatic N) is 4. The van der Waals surface area contributed by atoms with Crippen LogP contribution in [0.15, 0.2) is 107 Å². The summed E-state index contributed by atoms with van der Waals surface area (Å²) in [4.78, 5) is 84.0. The molecule has 4 aliphatic heterocycles. The summed E-state index contributed by atoms with van der Waals surface area (Å²) in [6, 6.07) is 23.1. The predicted molar refractivity (Wildman–Crippen MR) is 249 cm³/mol. The molecule has 14 nitrogen and oxygen atoms in total. The van der Waals surface area contributed by atoms with E-state index in [1.807, 2.05) is 74.5 Å². The van der Waals surface area contributed by atoms with Gasteiger partial charge in [-0.05, 0) is 99.9 Å². The number of nitrogens with one attached hydrogen (secondary N) is 2. The van der Waals surface area contributed by atoms with Gasteiger partial charge in [0.15, 0.2) is 0 Å². The summed E-state index contributed by atoms with van der Waals surface area (Å²) in [7, 11) is 0. The van der Waals surface area contributed by atoms with E-state index in [2.05, 4.69) is 10.6 Å². The van der Waals surface area contributed by atoms with Gasteiger partial charge in [0.1, 0.15) is 0 Å². The first-order valence-corrected chi connectivity index (χ1v) is 23.3. The Balaban J connectivity index is 0.000000166. The van der Waals surface area contributed by atoms with E-state index in [1.165, 1.54) is 0 Å². The van der Waals surface area contributed by atoms with Crippen molar-refractivity contribution >= 4 is 35.8 Å². The molecule has 6 aliphatic rings. The fraction of sp³-hybridized carbons (Fsp3) is 0.423. The van der Waals surface area contributed by atoms with Crippen LogP contribution in [-0.2, 0) is 22.7 Å². The third-order valence-electron chi connectivity index (χ3n) is 14.5. The first kappa shape index (κ1) is 44.8. The molecule has 10 rings (SSSR count).